The quantitative estimate of drug-likeness (QED) is 0.496. The third-order valence-corrected chi connectivity index (χ3v) is 5.76. The molecule has 30 heavy (non-hydrogen) atoms. The molecule has 0 bridgehead atoms. The van der Waals surface area contributed by atoms with Crippen LogP contribution in [0.5, 0.6) is 0 Å². The zero-order chi connectivity index (χ0) is 20.9. The molecule has 1 aliphatic heterocycles. The van der Waals surface area contributed by atoms with Gasteiger partial charge in [-0.25, -0.2) is 4.98 Å². The molecule has 4 aromatic rings. The van der Waals surface area contributed by atoms with E-state index in [1.54, 1.807) is 17.2 Å². The fourth-order valence-electron chi connectivity index (χ4n) is 4.17. The van der Waals surface area contributed by atoms with Gasteiger partial charge in [0.2, 0.25) is 0 Å². The molecular formula is C24H26N6. The number of hydrogen-bond donors (Lipinski definition) is 1. The van der Waals surface area contributed by atoms with Gasteiger partial charge < -0.3 is 9.88 Å². The number of para-hydroxylation sites is 2. The Labute approximate surface area is 176 Å². The van der Waals surface area contributed by atoms with Gasteiger partial charge in [0.25, 0.3) is 0 Å². The van der Waals surface area contributed by atoms with E-state index in [4.69, 9.17) is 4.98 Å². The molecule has 5 rings (SSSR count). The van der Waals surface area contributed by atoms with Crippen LogP contribution in [0.3, 0.4) is 0 Å². The van der Waals surface area contributed by atoms with Crippen LogP contribution in [-0.2, 0) is 5.41 Å². The molecule has 6 nitrogen and oxygen atoms in total. The van der Waals surface area contributed by atoms with Gasteiger partial charge in [-0.2, -0.15) is 10.2 Å². The molecule has 0 aliphatic carbocycles. The van der Waals surface area contributed by atoms with Crippen LogP contribution in [0.2, 0.25) is 0 Å². The number of anilines is 1. The second kappa shape index (κ2) is 6.83. The number of nitrogens with zero attached hydrogens (tertiary/aromatic N) is 5. The molecule has 0 spiro atoms. The van der Waals surface area contributed by atoms with E-state index in [1.807, 2.05) is 12.1 Å². The Morgan fingerprint density at radius 1 is 1.03 bits per heavy atom. The summed E-state index contributed by atoms with van der Waals surface area (Å²) in [6.07, 6.45) is 4.26. The van der Waals surface area contributed by atoms with Crippen LogP contribution in [-0.4, -0.2) is 31.5 Å². The van der Waals surface area contributed by atoms with Crippen molar-refractivity contribution < 1.29 is 0 Å². The fourth-order valence-corrected chi connectivity index (χ4v) is 4.17. The van der Waals surface area contributed by atoms with Gasteiger partial charge in [0.15, 0.2) is 0 Å². The van der Waals surface area contributed by atoms with Crippen LogP contribution in [0.1, 0.15) is 44.6 Å². The molecule has 0 unspecified atom stereocenters. The van der Waals surface area contributed by atoms with Gasteiger partial charge in [-0.15, -0.1) is 4.80 Å². The minimum absolute atomic E-state index is 0.0969. The molecule has 1 N–H and O–H groups in total. The number of fused-ring (bicyclic) bond motifs is 1. The lowest BCUT2D eigenvalue weighted by molar-refractivity contribution is 0.591. The normalized spacial score (nSPS) is 17.2. The summed E-state index contributed by atoms with van der Waals surface area (Å²) in [5.74, 6) is 0.970. The number of imidazole rings is 1. The summed E-state index contributed by atoms with van der Waals surface area (Å²) < 4.78 is 0. The molecule has 152 valence electrons. The van der Waals surface area contributed by atoms with E-state index >= 15 is 0 Å². The molecule has 0 saturated carbocycles. The maximum atomic E-state index is 4.94. The lowest BCUT2D eigenvalue weighted by Gasteiger charge is -2.26. The molecule has 1 fully saturated rings. The topological polar surface area (TPSA) is 62.6 Å². The minimum atomic E-state index is 0.0969. The maximum Gasteiger partial charge on any atom is 0.130 e. The first kappa shape index (κ1) is 18.6. The van der Waals surface area contributed by atoms with Crippen molar-refractivity contribution in [3.8, 4) is 5.69 Å². The summed E-state index contributed by atoms with van der Waals surface area (Å²) in [5, 5.41) is 8.67. The average Bonchev–Trinajstić information content (AvgIpc) is 3.45. The first-order valence-electron chi connectivity index (χ1n) is 10.3. The van der Waals surface area contributed by atoms with Crippen LogP contribution >= 0.6 is 0 Å². The Hall–Kier alpha value is -3.41. The van der Waals surface area contributed by atoms with Gasteiger partial charge in [-0.05, 0) is 41.7 Å². The predicted octanol–water partition coefficient (Wildman–Crippen LogP) is 4.95. The van der Waals surface area contributed by atoms with Crippen LogP contribution in [0.4, 0.5) is 5.69 Å². The van der Waals surface area contributed by atoms with E-state index in [2.05, 4.69) is 77.8 Å². The maximum absolute atomic E-state index is 4.94. The van der Waals surface area contributed by atoms with Gasteiger partial charge in [-0.1, -0.05) is 51.1 Å². The Morgan fingerprint density at radius 2 is 1.77 bits per heavy atom. The van der Waals surface area contributed by atoms with E-state index < -0.39 is 0 Å². The number of H-pyrrole nitrogens is 1. The number of nitrogens with one attached hydrogen (secondary N) is 1. The molecule has 2 aromatic heterocycles. The van der Waals surface area contributed by atoms with Gasteiger partial charge in [-0.3, -0.25) is 0 Å². The monoisotopic (exact) mass is 398 g/mol. The molecule has 1 aliphatic rings. The van der Waals surface area contributed by atoms with E-state index in [9.17, 15) is 0 Å². The lowest BCUT2D eigenvalue weighted by atomic mass is 9.87. The SMILES string of the molecule is C=C1C[C@@H](c2nc3ccc(C(C)(C)C)cc3[nH]2)N(c2ccccc2-n2nccn2)C1. The van der Waals surface area contributed by atoms with Gasteiger partial charge in [0, 0.05) is 6.54 Å². The zero-order valence-electron chi connectivity index (χ0n) is 17.6. The number of hydrogen-bond acceptors (Lipinski definition) is 4. The molecule has 0 amide bonds. The minimum Gasteiger partial charge on any atom is -0.355 e. The molecule has 2 aromatic carbocycles. The number of aromatic amines is 1. The van der Waals surface area contributed by atoms with Crippen molar-refractivity contribution >= 4 is 16.7 Å². The molecule has 6 heteroatoms. The summed E-state index contributed by atoms with van der Waals surface area (Å²) >= 11 is 0. The van der Waals surface area contributed by atoms with E-state index in [-0.39, 0.29) is 11.5 Å². The van der Waals surface area contributed by atoms with E-state index in [0.717, 1.165) is 41.2 Å². The molecule has 1 saturated heterocycles. The highest BCUT2D eigenvalue weighted by atomic mass is 15.5. The average molecular weight is 399 g/mol. The fraction of sp³-hybridized carbons (Fsp3) is 0.292. The first-order valence-corrected chi connectivity index (χ1v) is 10.3. The summed E-state index contributed by atoms with van der Waals surface area (Å²) in [7, 11) is 0. The summed E-state index contributed by atoms with van der Waals surface area (Å²) in [6, 6.07) is 14.8. The molecular weight excluding hydrogens is 372 g/mol. The summed E-state index contributed by atoms with van der Waals surface area (Å²) in [4.78, 5) is 12.6. The summed E-state index contributed by atoms with van der Waals surface area (Å²) in [6.45, 7) is 11.8. The second-order valence-electron chi connectivity index (χ2n) is 9.01. The van der Waals surface area contributed by atoms with Gasteiger partial charge in [0.1, 0.15) is 11.5 Å². The zero-order valence-corrected chi connectivity index (χ0v) is 17.6. The van der Waals surface area contributed by atoms with Crippen molar-refractivity contribution in [1.29, 1.82) is 0 Å². The highest BCUT2D eigenvalue weighted by Gasteiger charge is 2.32. The van der Waals surface area contributed by atoms with Crippen molar-refractivity contribution in [3.63, 3.8) is 0 Å². The number of aromatic nitrogens is 5. The van der Waals surface area contributed by atoms with Crippen molar-refractivity contribution in [1.82, 2.24) is 25.0 Å². The molecule has 0 radical (unpaired) electrons. The van der Waals surface area contributed by atoms with Crippen molar-refractivity contribution in [2.45, 2.75) is 38.6 Å². The third-order valence-electron chi connectivity index (χ3n) is 5.76. The third kappa shape index (κ3) is 3.18. The van der Waals surface area contributed by atoms with Crippen molar-refractivity contribution in [2.24, 2.45) is 0 Å². The van der Waals surface area contributed by atoms with Crippen molar-refractivity contribution in [3.05, 3.63) is 78.4 Å². The Bertz CT molecular complexity index is 1210. The molecule has 1 atom stereocenters. The number of benzene rings is 2. The Kier molecular flexibility index (Phi) is 4.24. The smallest absolute Gasteiger partial charge is 0.130 e. The van der Waals surface area contributed by atoms with E-state index in [1.165, 1.54) is 11.1 Å². The highest BCUT2D eigenvalue weighted by molar-refractivity contribution is 5.77. The lowest BCUT2D eigenvalue weighted by Crippen LogP contribution is -2.25. The van der Waals surface area contributed by atoms with Crippen LogP contribution in [0.15, 0.2) is 67.0 Å². The van der Waals surface area contributed by atoms with E-state index in [0.29, 0.717) is 0 Å². The van der Waals surface area contributed by atoms with Gasteiger partial charge in [0.05, 0.1) is 35.2 Å². The van der Waals surface area contributed by atoms with Gasteiger partial charge >= 0.3 is 0 Å². The standard InChI is InChI=1S/C24H26N6/c1-16-13-22(23-27-18-10-9-17(24(2,3)4)14-19(18)28-23)29(15-16)20-7-5-6-8-21(20)30-25-11-12-26-30/h5-12,14,22H,1,13,15H2,2-4H3,(H,27,28)/t22-/m0/s1. The van der Waals surface area contributed by atoms with Crippen LogP contribution in [0, 0.1) is 0 Å². The highest BCUT2D eigenvalue weighted by Crippen LogP contribution is 2.40. The Morgan fingerprint density at radius 3 is 2.50 bits per heavy atom. The largest absolute Gasteiger partial charge is 0.355 e. The molecule has 3 heterocycles. The Balaban J connectivity index is 1.57. The number of rotatable bonds is 3. The van der Waals surface area contributed by atoms with Crippen molar-refractivity contribution in [2.75, 3.05) is 11.4 Å². The second-order valence-corrected chi connectivity index (χ2v) is 9.01. The van der Waals surface area contributed by atoms with Crippen LogP contribution < -0.4 is 4.90 Å². The predicted molar refractivity (Wildman–Crippen MR) is 120 cm³/mol. The first-order chi connectivity index (χ1) is 14.4. The van der Waals surface area contributed by atoms with Crippen LogP contribution in [0.25, 0.3) is 16.7 Å². The summed E-state index contributed by atoms with van der Waals surface area (Å²) in [5.41, 5.74) is 6.70.